The molecule has 0 saturated heterocycles. The first-order chi connectivity index (χ1) is 22.6. The molecule has 0 aliphatic heterocycles. The summed E-state index contributed by atoms with van der Waals surface area (Å²) in [4.78, 5) is 66.2. The van der Waals surface area contributed by atoms with Gasteiger partial charge < -0.3 is 32.3 Å². The predicted octanol–water partition coefficient (Wildman–Crippen LogP) is 3.21. The molecule has 1 fully saturated rings. The maximum Gasteiger partial charge on any atom is 0.243 e. The fraction of sp³-hybridized carbons (Fsp3) is 0.703. The topological polar surface area (TPSA) is 172 Å². The third-order valence-corrected chi connectivity index (χ3v) is 8.84. The molecule has 11 heteroatoms. The van der Waals surface area contributed by atoms with Crippen LogP contribution in [0.2, 0.25) is 0 Å². The van der Waals surface area contributed by atoms with Crippen molar-refractivity contribution in [3.63, 3.8) is 0 Å². The van der Waals surface area contributed by atoms with Gasteiger partial charge in [0.1, 0.15) is 18.1 Å². The van der Waals surface area contributed by atoms with Crippen molar-refractivity contribution in [2.75, 3.05) is 6.54 Å². The third kappa shape index (κ3) is 14.7. The summed E-state index contributed by atoms with van der Waals surface area (Å²) in [5.74, 6) is -1.19. The molecule has 48 heavy (non-hydrogen) atoms. The molecule has 7 N–H and O–H groups in total. The molecule has 270 valence electrons. The number of amides is 5. The second-order valence-corrected chi connectivity index (χ2v) is 14.9. The van der Waals surface area contributed by atoms with Gasteiger partial charge in [0.2, 0.25) is 29.5 Å². The van der Waals surface area contributed by atoms with Gasteiger partial charge in [-0.25, -0.2) is 0 Å². The predicted molar refractivity (Wildman–Crippen MR) is 189 cm³/mol. The Morgan fingerprint density at radius 3 is 1.92 bits per heavy atom. The number of nitrogens with one attached hydrogen (secondary N) is 5. The van der Waals surface area contributed by atoms with Crippen molar-refractivity contribution >= 4 is 29.5 Å². The second-order valence-electron chi connectivity index (χ2n) is 14.9. The lowest BCUT2D eigenvalue weighted by atomic mass is 9.94. The van der Waals surface area contributed by atoms with Crippen LogP contribution in [0.1, 0.15) is 99.5 Å². The van der Waals surface area contributed by atoms with Crippen LogP contribution < -0.4 is 32.3 Å². The lowest BCUT2D eigenvalue weighted by Crippen LogP contribution is -2.59. The van der Waals surface area contributed by atoms with E-state index in [1.807, 2.05) is 85.7 Å². The molecule has 0 radical (unpaired) electrons. The lowest BCUT2D eigenvalue weighted by molar-refractivity contribution is -0.133. The average Bonchev–Trinajstić information content (AvgIpc) is 3.84. The van der Waals surface area contributed by atoms with Crippen molar-refractivity contribution < 1.29 is 24.0 Å². The number of nitrogens with two attached hydrogens (primary N) is 1. The van der Waals surface area contributed by atoms with Crippen LogP contribution in [0.15, 0.2) is 30.3 Å². The molecule has 1 aliphatic rings. The van der Waals surface area contributed by atoms with E-state index in [0.717, 1.165) is 18.4 Å². The van der Waals surface area contributed by atoms with Gasteiger partial charge in [0.05, 0.1) is 0 Å². The molecule has 1 saturated carbocycles. The highest BCUT2D eigenvalue weighted by atomic mass is 16.2. The Bertz CT molecular complexity index is 1190. The van der Waals surface area contributed by atoms with E-state index in [4.69, 9.17) is 5.73 Å². The first-order valence-electron chi connectivity index (χ1n) is 17.9. The molecule has 0 aromatic heterocycles. The van der Waals surface area contributed by atoms with Crippen LogP contribution in [-0.4, -0.2) is 66.3 Å². The van der Waals surface area contributed by atoms with Gasteiger partial charge in [-0.1, -0.05) is 92.1 Å². The van der Waals surface area contributed by atoms with Gasteiger partial charge in [-0.3, -0.25) is 24.0 Å². The smallest absolute Gasteiger partial charge is 0.243 e. The van der Waals surface area contributed by atoms with Crippen LogP contribution in [0.4, 0.5) is 0 Å². The summed E-state index contributed by atoms with van der Waals surface area (Å²) in [6.45, 7) is 16.0. The zero-order valence-electron chi connectivity index (χ0n) is 30.4. The first-order valence-corrected chi connectivity index (χ1v) is 17.9. The van der Waals surface area contributed by atoms with Crippen molar-refractivity contribution in [2.45, 2.75) is 131 Å². The van der Waals surface area contributed by atoms with E-state index in [1.165, 1.54) is 0 Å². The first kappa shape index (κ1) is 40.7. The Labute approximate surface area is 288 Å². The number of benzene rings is 1. The molecular formula is C37H62N6O5. The minimum Gasteiger partial charge on any atom is -0.354 e. The zero-order valence-corrected chi connectivity index (χ0v) is 30.4. The van der Waals surface area contributed by atoms with E-state index >= 15 is 0 Å². The van der Waals surface area contributed by atoms with Crippen molar-refractivity contribution in [3.05, 3.63) is 35.9 Å². The fourth-order valence-corrected chi connectivity index (χ4v) is 5.53. The highest BCUT2D eigenvalue weighted by molar-refractivity contribution is 5.92. The van der Waals surface area contributed by atoms with Crippen molar-refractivity contribution in [1.29, 1.82) is 0 Å². The molecular weight excluding hydrogens is 608 g/mol. The standard InChI is InChI=1S/C37H62N6O5/c1-9-25(8)34(36(47)39-21-27-15-16-27)42-32(45)20-28(38)29(19-26-13-11-10-12-14-26)41-37(48)33(24(6)7)43-35(46)30(17-22(2)3)40-31(44)18-23(4)5/h10-14,22-25,27-30,33-34H,9,15-21,38H2,1-8H3,(H,39,47)(H,40,44)(H,41,48)(H,42,45)(H,43,46)/t25-,28-,29-,30-,33-,34-/m0/s1. The summed E-state index contributed by atoms with van der Waals surface area (Å²) in [7, 11) is 0. The van der Waals surface area contributed by atoms with Gasteiger partial charge in [0, 0.05) is 31.5 Å². The summed E-state index contributed by atoms with van der Waals surface area (Å²) in [6.07, 6.45) is 3.90. The number of hydrogen-bond acceptors (Lipinski definition) is 6. The van der Waals surface area contributed by atoms with Crippen molar-refractivity contribution in [3.8, 4) is 0 Å². The summed E-state index contributed by atoms with van der Waals surface area (Å²) in [5, 5.41) is 14.6. The molecule has 0 heterocycles. The van der Waals surface area contributed by atoms with Gasteiger partial charge in [0.25, 0.3) is 0 Å². The number of carbonyl (C=O) groups is 5. The Hall–Kier alpha value is -3.47. The minimum absolute atomic E-state index is 0.0747. The van der Waals surface area contributed by atoms with E-state index in [-0.39, 0.29) is 47.8 Å². The molecule has 5 amide bonds. The zero-order chi connectivity index (χ0) is 36.0. The summed E-state index contributed by atoms with van der Waals surface area (Å²) in [5.41, 5.74) is 7.57. The molecule has 0 spiro atoms. The van der Waals surface area contributed by atoms with Crippen LogP contribution in [0.5, 0.6) is 0 Å². The maximum absolute atomic E-state index is 13.8. The summed E-state index contributed by atoms with van der Waals surface area (Å²) in [6, 6.07) is 5.73. The number of carbonyl (C=O) groups excluding carboxylic acids is 5. The van der Waals surface area contributed by atoms with E-state index < -0.39 is 42.0 Å². The Balaban J connectivity index is 2.19. The molecule has 1 aromatic rings. The summed E-state index contributed by atoms with van der Waals surface area (Å²) >= 11 is 0. The number of rotatable bonds is 21. The van der Waals surface area contributed by atoms with E-state index in [9.17, 15) is 24.0 Å². The SMILES string of the molecule is CC[C@H](C)[C@H](NC(=O)C[C@H](N)[C@H](Cc1ccccc1)NC(=O)[C@@H](NC(=O)[C@H](CC(C)C)NC(=O)CC(C)C)C(C)C)C(=O)NCC1CC1. The van der Waals surface area contributed by atoms with Crippen molar-refractivity contribution in [2.24, 2.45) is 35.3 Å². The monoisotopic (exact) mass is 670 g/mol. The van der Waals surface area contributed by atoms with E-state index in [0.29, 0.717) is 38.1 Å². The van der Waals surface area contributed by atoms with Gasteiger partial charge in [0.15, 0.2) is 0 Å². The largest absolute Gasteiger partial charge is 0.354 e. The lowest BCUT2D eigenvalue weighted by Gasteiger charge is -2.31. The van der Waals surface area contributed by atoms with Gasteiger partial charge in [-0.2, -0.15) is 0 Å². The highest BCUT2D eigenvalue weighted by Gasteiger charge is 2.33. The Morgan fingerprint density at radius 2 is 1.38 bits per heavy atom. The molecule has 0 unspecified atom stereocenters. The fourth-order valence-electron chi connectivity index (χ4n) is 5.53. The summed E-state index contributed by atoms with van der Waals surface area (Å²) < 4.78 is 0. The molecule has 6 atom stereocenters. The van der Waals surface area contributed by atoms with E-state index in [1.54, 1.807) is 0 Å². The van der Waals surface area contributed by atoms with Crippen molar-refractivity contribution in [1.82, 2.24) is 26.6 Å². The van der Waals surface area contributed by atoms with Crippen LogP contribution in [-0.2, 0) is 30.4 Å². The van der Waals surface area contributed by atoms with Crippen LogP contribution in [0.3, 0.4) is 0 Å². The molecule has 2 rings (SSSR count). The van der Waals surface area contributed by atoms with Gasteiger partial charge in [-0.15, -0.1) is 0 Å². The average molecular weight is 671 g/mol. The van der Waals surface area contributed by atoms with Gasteiger partial charge in [-0.05, 0) is 60.8 Å². The second kappa shape index (κ2) is 20.1. The molecule has 11 nitrogen and oxygen atoms in total. The normalized spacial score (nSPS) is 16.8. The van der Waals surface area contributed by atoms with Crippen LogP contribution in [0.25, 0.3) is 0 Å². The van der Waals surface area contributed by atoms with Crippen LogP contribution in [0, 0.1) is 29.6 Å². The minimum atomic E-state index is -0.904. The van der Waals surface area contributed by atoms with E-state index in [2.05, 4.69) is 26.6 Å². The maximum atomic E-state index is 13.8. The Kier molecular flexibility index (Phi) is 17.1. The Morgan fingerprint density at radius 1 is 0.750 bits per heavy atom. The third-order valence-electron chi connectivity index (χ3n) is 8.84. The molecule has 1 aromatic carbocycles. The number of hydrogen-bond donors (Lipinski definition) is 6. The highest BCUT2D eigenvalue weighted by Crippen LogP contribution is 2.27. The molecule has 0 bridgehead atoms. The van der Waals surface area contributed by atoms with Crippen LogP contribution >= 0.6 is 0 Å². The molecule has 1 aliphatic carbocycles. The quantitative estimate of drug-likeness (QED) is 0.117. The van der Waals surface area contributed by atoms with Gasteiger partial charge >= 0.3 is 0 Å².